The molecule has 0 spiro atoms. The molecular formula is C11H20O6. The van der Waals surface area contributed by atoms with Crippen molar-refractivity contribution in [1.82, 2.24) is 0 Å². The highest BCUT2D eigenvalue weighted by Crippen LogP contribution is 2.22. The average molecular weight is 248 g/mol. The van der Waals surface area contributed by atoms with E-state index >= 15 is 0 Å². The number of hydrogen-bond donors (Lipinski definition) is 3. The van der Waals surface area contributed by atoms with Crippen LogP contribution in [0.15, 0.2) is 0 Å². The molecule has 5 atom stereocenters. The van der Waals surface area contributed by atoms with Crippen LogP contribution in [-0.4, -0.2) is 52.0 Å². The fraction of sp³-hybridized carbons (Fsp3) is 0.909. The zero-order chi connectivity index (χ0) is 13.2. The molecule has 6 heteroatoms. The Morgan fingerprint density at radius 3 is 2.35 bits per heavy atom. The molecule has 1 fully saturated rings. The third-order valence-corrected chi connectivity index (χ3v) is 2.63. The molecule has 0 aromatic heterocycles. The van der Waals surface area contributed by atoms with Crippen molar-refractivity contribution in [3.8, 4) is 0 Å². The number of rotatable bonds is 3. The smallest absolute Gasteiger partial charge is 0.308 e. The Labute approximate surface area is 100 Å². The molecule has 0 amide bonds. The minimum Gasteiger partial charge on any atom is -0.433 e. The van der Waals surface area contributed by atoms with Crippen molar-refractivity contribution in [2.45, 2.75) is 57.9 Å². The maximum absolute atomic E-state index is 11.4. The predicted molar refractivity (Wildman–Crippen MR) is 57.9 cm³/mol. The summed E-state index contributed by atoms with van der Waals surface area (Å²) >= 11 is 0. The zero-order valence-corrected chi connectivity index (χ0v) is 10.2. The predicted octanol–water partition coefficient (Wildman–Crippen LogP) is -0.597. The zero-order valence-electron chi connectivity index (χ0n) is 10.2. The van der Waals surface area contributed by atoms with E-state index in [0.717, 1.165) is 0 Å². The lowest BCUT2D eigenvalue weighted by Gasteiger charge is -2.38. The molecule has 1 aliphatic rings. The van der Waals surface area contributed by atoms with Crippen molar-refractivity contribution in [1.29, 1.82) is 0 Å². The summed E-state index contributed by atoms with van der Waals surface area (Å²) in [5, 5.41) is 28.5. The SMILES string of the molecule is CC(C)CC(=O)O[C@@H]1O[C@@H](C)[C@H](O)[C@@H](O)[C@H]1O. The lowest BCUT2D eigenvalue weighted by atomic mass is 10.00. The van der Waals surface area contributed by atoms with Crippen LogP contribution in [-0.2, 0) is 14.3 Å². The van der Waals surface area contributed by atoms with Crippen LogP contribution in [0.3, 0.4) is 0 Å². The number of hydrogen-bond acceptors (Lipinski definition) is 6. The van der Waals surface area contributed by atoms with Gasteiger partial charge < -0.3 is 24.8 Å². The van der Waals surface area contributed by atoms with Gasteiger partial charge in [-0.3, -0.25) is 4.79 Å². The van der Waals surface area contributed by atoms with Gasteiger partial charge in [0, 0.05) is 6.42 Å². The Hall–Kier alpha value is -0.690. The quantitative estimate of drug-likeness (QED) is 0.577. The standard InChI is InChI=1S/C11H20O6/c1-5(2)4-7(12)17-11-10(15)9(14)8(13)6(3)16-11/h5-6,8-11,13-15H,4H2,1-3H3/t6-,8-,9+,10+,11-/m0/s1. The number of carbonyl (C=O) groups is 1. The van der Waals surface area contributed by atoms with E-state index in [1.165, 1.54) is 6.92 Å². The first kappa shape index (κ1) is 14.4. The van der Waals surface area contributed by atoms with Crippen molar-refractivity contribution in [2.75, 3.05) is 0 Å². The van der Waals surface area contributed by atoms with Crippen molar-refractivity contribution in [2.24, 2.45) is 5.92 Å². The number of aliphatic hydroxyl groups excluding tert-OH is 3. The average Bonchev–Trinajstić information content (AvgIpc) is 2.21. The normalized spacial score (nSPS) is 38.2. The van der Waals surface area contributed by atoms with Gasteiger partial charge >= 0.3 is 5.97 Å². The summed E-state index contributed by atoms with van der Waals surface area (Å²) in [5.41, 5.74) is 0. The maximum atomic E-state index is 11.4. The summed E-state index contributed by atoms with van der Waals surface area (Å²) in [6.07, 6.45) is -5.72. The molecule has 0 bridgehead atoms. The molecule has 0 unspecified atom stereocenters. The third kappa shape index (κ3) is 3.64. The molecule has 1 rings (SSSR count). The van der Waals surface area contributed by atoms with Gasteiger partial charge in [-0.2, -0.15) is 0 Å². The van der Waals surface area contributed by atoms with E-state index in [-0.39, 0.29) is 12.3 Å². The minimum atomic E-state index is -1.43. The van der Waals surface area contributed by atoms with Crippen LogP contribution in [0.2, 0.25) is 0 Å². The molecule has 0 saturated carbocycles. The number of carbonyl (C=O) groups excluding carboxylic acids is 1. The Bertz CT molecular complexity index is 267. The molecule has 1 heterocycles. The summed E-state index contributed by atoms with van der Waals surface area (Å²) in [6.45, 7) is 5.25. The first-order valence-corrected chi connectivity index (χ1v) is 5.72. The minimum absolute atomic E-state index is 0.135. The van der Waals surface area contributed by atoms with Gasteiger partial charge in [-0.1, -0.05) is 13.8 Å². The third-order valence-electron chi connectivity index (χ3n) is 2.63. The molecule has 17 heavy (non-hydrogen) atoms. The van der Waals surface area contributed by atoms with E-state index < -0.39 is 36.7 Å². The molecule has 1 aliphatic heterocycles. The number of esters is 1. The largest absolute Gasteiger partial charge is 0.433 e. The summed E-state index contributed by atoms with van der Waals surface area (Å²) in [4.78, 5) is 11.4. The van der Waals surface area contributed by atoms with Crippen LogP contribution < -0.4 is 0 Å². The van der Waals surface area contributed by atoms with Crippen LogP contribution >= 0.6 is 0 Å². The van der Waals surface area contributed by atoms with E-state index in [1.807, 2.05) is 13.8 Å². The Balaban J connectivity index is 2.56. The highest BCUT2D eigenvalue weighted by molar-refractivity contribution is 5.69. The van der Waals surface area contributed by atoms with Gasteiger partial charge in [0.15, 0.2) is 0 Å². The maximum Gasteiger partial charge on any atom is 0.308 e. The second kappa shape index (κ2) is 5.77. The van der Waals surface area contributed by atoms with Gasteiger partial charge in [0.1, 0.15) is 18.3 Å². The van der Waals surface area contributed by atoms with E-state index in [0.29, 0.717) is 0 Å². The molecule has 0 aliphatic carbocycles. The van der Waals surface area contributed by atoms with Crippen molar-refractivity contribution < 1.29 is 29.6 Å². The van der Waals surface area contributed by atoms with Crippen LogP contribution in [0.1, 0.15) is 27.2 Å². The second-order valence-electron chi connectivity index (χ2n) is 4.77. The van der Waals surface area contributed by atoms with Crippen LogP contribution in [0.5, 0.6) is 0 Å². The van der Waals surface area contributed by atoms with Gasteiger partial charge in [-0.05, 0) is 12.8 Å². The Kier molecular flexibility index (Phi) is 4.88. The monoisotopic (exact) mass is 248 g/mol. The van der Waals surface area contributed by atoms with Crippen molar-refractivity contribution in [3.63, 3.8) is 0 Å². The Morgan fingerprint density at radius 2 is 1.82 bits per heavy atom. The molecular weight excluding hydrogens is 228 g/mol. The summed E-state index contributed by atoms with van der Waals surface area (Å²) in [7, 11) is 0. The van der Waals surface area contributed by atoms with Crippen molar-refractivity contribution >= 4 is 5.97 Å². The number of aliphatic hydroxyl groups is 3. The van der Waals surface area contributed by atoms with Gasteiger partial charge in [0.25, 0.3) is 0 Å². The van der Waals surface area contributed by atoms with E-state index in [1.54, 1.807) is 0 Å². The lowest BCUT2D eigenvalue weighted by Crippen LogP contribution is -2.57. The van der Waals surface area contributed by atoms with Crippen LogP contribution in [0.25, 0.3) is 0 Å². The van der Waals surface area contributed by atoms with Gasteiger partial charge in [-0.15, -0.1) is 0 Å². The van der Waals surface area contributed by atoms with Crippen molar-refractivity contribution in [3.05, 3.63) is 0 Å². The molecule has 100 valence electrons. The lowest BCUT2D eigenvalue weighted by molar-refractivity contribution is -0.284. The van der Waals surface area contributed by atoms with Gasteiger partial charge in [-0.25, -0.2) is 0 Å². The van der Waals surface area contributed by atoms with Gasteiger partial charge in [0.2, 0.25) is 6.29 Å². The number of ether oxygens (including phenoxy) is 2. The molecule has 0 aromatic carbocycles. The highest BCUT2D eigenvalue weighted by atomic mass is 16.7. The van der Waals surface area contributed by atoms with Crippen LogP contribution in [0.4, 0.5) is 0 Å². The van der Waals surface area contributed by atoms with E-state index in [4.69, 9.17) is 9.47 Å². The van der Waals surface area contributed by atoms with E-state index in [9.17, 15) is 20.1 Å². The molecule has 0 aromatic rings. The summed E-state index contributed by atoms with van der Waals surface area (Å²) in [6, 6.07) is 0. The fourth-order valence-electron chi connectivity index (χ4n) is 1.62. The molecule has 1 saturated heterocycles. The fourth-order valence-corrected chi connectivity index (χ4v) is 1.62. The molecule has 3 N–H and O–H groups in total. The molecule has 0 radical (unpaired) electrons. The first-order chi connectivity index (χ1) is 7.82. The topological polar surface area (TPSA) is 96.2 Å². The van der Waals surface area contributed by atoms with E-state index in [2.05, 4.69) is 0 Å². The Morgan fingerprint density at radius 1 is 1.24 bits per heavy atom. The molecule has 6 nitrogen and oxygen atoms in total. The highest BCUT2D eigenvalue weighted by Gasteiger charge is 2.43. The van der Waals surface area contributed by atoms with Gasteiger partial charge in [0.05, 0.1) is 6.10 Å². The first-order valence-electron chi connectivity index (χ1n) is 5.72. The van der Waals surface area contributed by atoms with Crippen LogP contribution in [0, 0.1) is 5.92 Å². The summed E-state index contributed by atoms with van der Waals surface area (Å²) < 4.78 is 10.1. The second-order valence-corrected chi connectivity index (χ2v) is 4.77. The summed E-state index contributed by atoms with van der Waals surface area (Å²) in [5.74, 6) is -0.365.